The number of anilines is 2. The van der Waals surface area contributed by atoms with Gasteiger partial charge in [0, 0.05) is 40.7 Å². The van der Waals surface area contributed by atoms with Crippen LogP contribution in [0.5, 0.6) is 0 Å². The molecule has 0 fully saturated rings. The lowest BCUT2D eigenvalue weighted by molar-refractivity contribution is -0.128. The molecule has 0 radical (unpaired) electrons. The highest BCUT2D eigenvalue weighted by Crippen LogP contribution is 2.33. The summed E-state index contributed by atoms with van der Waals surface area (Å²) in [4.78, 5) is 41.2. The van der Waals surface area contributed by atoms with Gasteiger partial charge in [0.25, 0.3) is 0 Å². The van der Waals surface area contributed by atoms with E-state index in [0.29, 0.717) is 22.0 Å². The van der Waals surface area contributed by atoms with Gasteiger partial charge in [-0.3, -0.25) is 19.3 Å². The topological polar surface area (TPSA) is 105 Å². The van der Waals surface area contributed by atoms with E-state index in [0.717, 1.165) is 5.56 Å². The Morgan fingerprint density at radius 2 is 1.75 bits per heavy atom. The largest absolute Gasteiger partial charge is 0.360 e. The molecular formula is C27H31ClN4O4. The van der Waals surface area contributed by atoms with Crippen molar-refractivity contribution in [2.24, 2.45) is 0 Å². The first-order valence-electron chi connectivity index (χ1n) is 11.6. The predicted octanol–water partition coefficient (Wildman–Crippen LogP) is 5.35. The Morgan fingerprint density at radius 3 is 2.36 bits per heavy atom. The fraction of sp³-hybridized carbons (Fsp3) is 0.333. The summed E-state index contributed by atoms with van der Waals surface area (Å²) in [5.41, 5.74) is 1.38. The first kappa shape index (κ1) is 26.9. The minimum Gasteiger partial charge on any atom is -0.360 e. The standard InChI is InChI=1S/C27H31ClN4O4/c1-17-9-8-10-19(15-17)32(24(34)14-13-23(33)29-22-16-18(2)36-31-22)25(26(35)30-27(3,4)5)20-11-6-7-12-21(20)28/h6-12,15-16,25H,13-14H2,1-5H3,(H,30,35)(H,29,31,33). The number of aryl methyl sites for hydroxylation is 2. The number of amides is 3. The number of rotatable bonds is 8. The van der Waals surface area contributed by atoms with Gasteiger partial charge in [0.1, 0.15) is 11.8 Å². The summed E-state index contributed by atoms with van der Waals surface area (Å²) in [6.45, 7) is 9.21. The van der Waals surface area contributed by atoms with E-state index in [2.05, 4.69) is 15.8 Å². The third-order valence-electron chi connectivity index (χ3n) is 5.21. The van der Waals surface area contributed by atoms with Crippen molar-refractivity contribution >= 4 is 40.8 Å². The van der Waals surface area contributed by atoms with Crippen LogP contribution in [0.15, 0.2) is 59.1 Å². The normalized spacial score (nSPS) is 12.1. The fourth-order valence-corrected chi connectivity index (χ4v) is 3.96. The summed E-state index contributed by atoms with van der Waals surface area (Å²) in [5, 5.41) is 9.69. The number of nitrogens with one attached hydrogen (secondary N) is 2. The number of aromatic nitrogens is 1. The molecule has 190 valence electrons. The van der Waals surface area contributed by atoms with Gasteiger partial charge < -0.3 is 15.2 Å². The molecule has 1 heterocycles. The molecule has 3 rings (SSSR count). The van der Waals surface area contributed by atoms with Gasteiger partial charge in [0.2, 0.25) is 17.7 Å². The molecule has 0 saturated heterocycles. The van der Waals surface area contributed by atoms with Crippen molar-refractivity contribution in [1.82, 2.24) is 10.5 Å². The Hall–Kier alpha value is -3.65. The minimum atomic E-state index is -1.05. The maximum absolute atomic E-state index is 13.7. The van der Waals surface area contributed by atoms with Crippen molar-refractivity contribution < 1.29 is 18.9 Å². The van der Waals surface area contributed by atoms with Crippen LogP contribution < -0.4 is 15.5 Å². The fourth-order valence-electron chi connectivity index (χ4n) is 3.72. The molecule has 9 heteroatoms. The molecule has 0 aliphatic heterocycles. The minimum absolute atomic E-state index is 0.108. The summed E-state index contributed by atoms with van der Waals surface area (Å²) in [7, 11) is 0. The van der Waals surface area contributed by atoms with Crippen molar-refractivity contribution in [3.8, 4) is 0 Å². The zero-order valence-corrected chi connectivity index (χ0v) is 21.8. The summed E-state index contributed by atoms with van der Waals surface area (Å²) in [6, 6.07) is 14.8. The Bertz CT molecular complexity index is 1250. The molecule has 8 nitrogen and oxygen atoms in total. The average Bonchev–Trinajstić information content (AvgIpc) is 3.19. The second-order valence-electron chi connectivity index (χ2n) is 9.64. The molecular weight excluding hydrogens is 480 g/mol. The van der Waals surface area contributed by atoms with Gasteiger partial charge in [0.05, 0.1) is 0 Å². The molecule has 2 aromatic carbocycles. The highest BCUT2D eigenvalue weighted by molar-refractivity contribution is 6.31. The van der Waals surface area contributed by atoms with Gasteiger partial charge in [-0.25, -0.2) is 0 Å². The van der Waals surface area contributed by atoms with E-state index in [4.69, 9.17) is 16.1 Å². The molecule has 0 saturated carbocycles. The number of carbonyl (C=O) groups excluding carboxylic acids is 3. The summed E-state index contributed by atoms with van der Waals surface area (Å²) in [6.07, 6.45) is -0.246. The lowest BCUT2D eigenvalue weighted by Gasteiger charge is -2.34. The van der Waals surface area contributed by atoms with E-state index in [1.165, 1.54) is 4.90 Å². The quantitative estimate of drug-likeness (QED) is 0.425. The van der Waals surface area contributed by atoms with Crippen LogP contribution >= 0.6 is 11.6 Å². The second-order valence-corrected chi connectivity index (χ2v) is 10.0. The van der Waals surface area contributed by atoms with E-state index < -0.39 is 23.4 Å². The van der Waals surface area contributed by atoms with E-state index in [-0.39, 0.29) is 24.6 Å². The maximum atomic E-state index is 13.7. The molecule has 2 N–H and O–H groups in total. The molecule has 3 amide bonds. The molecule has 0 aliphatic rings. The SMILES string of the molecule is Cc1cccc(N(C(=O)CCC(=O)Nc2cc(C)on2)C(C(=O)NC(C)(C)C)c2ccccc2Cl)c1. The Morgan fingerprint density at radius 1 is 1.03 bits per heavy atom. The van der Waals surface area contributed by atoms with Crippen LogP contribution in [0.25, 0.3) is 0 Å². The third kappa shape index (κ3) is 7.18. The summed E-state index contributed by atoms with van der Waals surface area (Å²) < 4.78 is 4.96. The highest BCUT2D eigenvalue weighted by Gasteiger charge is 2.35. The lowest BCUT2D eigenvalue weighted by Crippen LogP contribution is -2.49. The van der Waals surface area contributed by atoms with Gasteiger partial charge in [0.15, 0.2) is 5.82 Å². The first-order chi connectivity index (χ1) is 16.9. The number of carbonyl (C=O) groups is 3. The van der Waals surface area contributed by atoms with Crippen molar-refractivity contribution in [1.29, 1.82) is 0 Å². The van der Waals surface area contributed by atoms with Crippen LogP contribution in [0.4, 0.5) is 11.5 Å². The smallest absolute Gasteiger partial charge is 0.248 e. The summed E-state index contributed by atoms with van der Waals surface area (Å²) >= 11 is 6.52. The number of benzene rings is 2. The Labute approximate surface area is 216 Å². The van der Waals surface area contributed by atoms with E-state index in [1.54, 1.807) is 43.3 Å². The average molecular weight is 511 g/mol. The number of nitrogens with zero attached hydrogens (tertiary/aromatic N) is 2. The van der Waals surface area contributed by atoms with Crippen molar-refractivity contribution in [2.75, 3.05) is 10.2 Å². The zero-order chi connectivity index (χ0) is 26.5. The zero-order valence-electron chi connectivity index (χ0n) is 21.1. The first-order valence-corrected chi connectivity index (χ1v) is 12.0. The Balaban J connectivity index is 1.97. The molecule has 0 spiro atoms. The van der Waals surface area contributed by atoms with Crippen LogP contribution in [-0.4, -0.2) is 28.4 Å². The van der Waals surface area contributed by atoms with Gasteiger partial charge in [-0.05, 0) is 58.4 Å². The van der Waals surface area contributed by atoms with Crippen molar-refractivity contribution in [3.63, 3.8) is 0 Å². The van der Waals surface area contributed by atoms with Crippen LogP contribution in [0.3, 0.4) is 0 Å². The van der Waals surface area contributed by atoms with Crippen LogP contribution in [-0.2, 0) is 14.4 Å². The van der Waals surface area contributed by atoms with Gasteiger partial charge in [-0.2, -0.15) is 0 Å². The van der Waals surface area contributed by atoms with E-state index in [9.17, 15) is 14.4 Å². The second kappa shape index (κ2) is 11.4. The number of hydrogen-bond acceptors (Lipinski definition) is 5. The third-order valence-corrected chi connectivity index (χ3v) is 5.56. The van der Waals surface area contributed by atoms with Crippen LogP contribution in [0.2, 0.25) is 5.02 Å². The van der Waals surface area contributed by atoms with Crippen LogP contribution in [0, 0.1) is 13.8 Å². The monoisotopic (exact) mass is 510 g/mol. The molecule has 0 aliphatic carbocycles. The highest BCUT2D eigenvalue weighted by atomic mass is 35.5. The Kier molecular flexibility index (Phi) is 8.53. The van der Waals surface area contributed by atoms with Gasteiger partial charge in [-0.15, -0.1) is 0 Å². The predicted molar refractivity (Wildman–Crippen MR) is 140 cm³/mol. The van der Waals surface area contributed by atoms with Gasteiger partial charge in [-0.1, -0.05) is 47.1 Å². The molecule has 36 heavy (non-hydrogen) atoms. The molecule has 1 unspecified atom stereocenters. The number of halogens is 1. The molecule has 0 bridgehead atoms. The van der Waals surface area contributed by atoms with Gasteiger partial charge >= 0.3 is 0 Å². The maximum Gasteiger partial charge on any atom is 0.248 e. The van der Waals surface area contributed by atoms with Crippen molar-refractivity contribution in [2.45, 2.75) is 59.0 Å². The van der Waals surface area contributed by atoms with E-state index >= 15 is 0 Å². The van der Waals surface area contributed by atoms with Crippen molar-refractivity contribution in [3.05, 3.63) is 76.5 Å². The molecule has 3 aromatic rings. The lowest BCUT2D eigenvalue weighted by atomic mass is 9.99. The molecule has 1 atom stereocenters. The summed E-state index contributed by atoms with van der Waals surface area (Å²) in [5.74, 6) is -0.346. The molecule has 1 aromatic heterocycles. The van der Waals surface area contributed by atoms with Crippen LogP contribution in [0.1, 0.15) is 56.5 Å². The van der Waals surface area contributed by atoms with E-state index in [1.807, 2.05) is 45.9 Å². The number of hydrogen-bond donors (Lipinski definition) is 2.